The molecule has 2 aromatic carbocycles. The molecule has 1 fully saturated rings. The molecule has 3 aromatic rings. The fourth-order valence-electron chi connectivity index (χ4n) is 5.23. The summed E-state index contributed by atoms with van der Waals surface area (Å²) in [5, 5.41) is 13.7. The molecule has 0 atom stereocenters. The van der Waals surface area contributed by atoms with E-state index in [1.807, 2.05) is 48.0 Å². The van der Waals surface area contributed by atoms with Crippen LogP contribution in [0, 0.1) is 24.6 Å². The zero-order valence-corrected chi connectivity index (χ0v) is 22.7. The number of carboxylic acid groups (broad SMARTS) is 1. The third kappa shape index (κ3) is 7.29. The molecule has 38 heavy (non-hydrogen) atoms. The molecule has 0 aliphatic heterocycles. The van der Waals surface area contributed by atoms with Gasteiger partial charge in [0.15, 0.2) is 0 Å². The van der Waals surface area contributed by atoms with Gasteiger partial charge in [-0.3, -0.25) is 4.68 Å². The molecule has 1 heterocycles. The summed E-state index contributed by atoms with van der Waals surface area (Å²) in [6.45, 7) is 2.60. The predicted octanol–water partition coefficient (Wildman–Crippen LogP) is 5.16. The summed E-state index contributed by atoms with van der Waals surface area (Å²) in [4.78, 5) is 10.7. The Labute approximate surface area is 223 Å². The monoisotopic (exact) mass is 542 g/mol. The standard InChI is InChI=1S/C29H35FN2O5S/c1-20-8-13-24(25(30)16-20)29-28(23-6-4-3-5-7-23)26(14-15-38(2,35)36)32(31-29)17-21-9-11-22(12-10-21)18-37-19-27(33)34/h3-8,13,16,21-22H,9-12,14-15,17-19H2,1-2H3,(H,33,34)/t21-,22+. The Kier molecular flexibility index (Phi) is 8.99. The van der Waals surface area contributed by atoms with Gasteiger partial charge in [-0.15, -0.1) is 0 Å². The number of aliphatic carboxylic acids is 1. The number of aryl methyl sites for hydroxylation is 1. The number of ether oxygens (including phenoxy) is 1. The van der Waals surface area contributed by atoms with Crippen molar-refractivity contribution in [3.8, 4) is 22.4 Å². The lowest BCUT2D eigenvalue weighted by Gasteiger charge is -2.28. The van der Waals surface area contributed by atoms with Crippen LogP contribution in [0.15, 0.2) is 48.5 Å². The maximum Gasteiger partial charge on any atom is 0.329 e. The average Bonchev–Trinajstić information content (AvgIpc) is 3.21. The molecule has 0 unspecified atom stereocenters. The quantitative estimate of drug-likeness (QED) is 0.359. The Balaban J connectivity index is 1.67. The van der Waals surface area contributed by atoms with E-state index in [4.69, 9.17) is 14.9 Å². The largest absolute Gasteiger partial charge is 0.480 e. The van der Waals surface area contributed by atoms with Crippen molar-refractivity contribution in [2.24, 2.45) is 11.8 Å². The van der Waals surface area contributed by atoms with Crippen LogP contribution in [0.5, 0.6) is 0 Å². The predicted molar refractivity (Wildman–Crippen MR) is 145 cm³/mol. The van der Waals surface area contributed by atoms with Crippen molar-refractivity contribution in [2.75, 3.05) is 25.2 Å². The summed E-state index contributed by atoms with van der Waals surface area (Å²) >= 11 is 0. The molecule has 204 valence electrons. The molecule has 0 amide bonds. The minimum atomic E-state index is -3.23. The van der Waals surface area contributed by atoms with E-state index in [9.17, 15) is 13.2 Å². The molecule has 7 nitrogen and oxygen atoms in total. The molecule has 0 spiro atoms. The van der Waals surface area contributed by atoms with Gasteiger partial charge in [0.25, 0.3) is 0 Å². The first-order chi connectivity index (χ1) is 18.1. The number of halogens is 1. The minimum absolute atomic E-state index is 0.0258. The highest BCUT2D eigenvalue weighted by atomic mass is 32.2. The molecule has 1 aliphatic rings. The van der Waals surface area contributed by atoms with Crippen molar-refractivity contribution in [3.63, 3.8) is 0 Å². The zero-order valence-electron chi connectivity index (χ0n) is 21.9. The summed E-state index contributed by atoms with van der Waals surface area (Å²) in [6, 6.07) is 14.7. The maximum absolute atomic E-state index is 15.2. The van der Waals surface area contributed by atoms with Crippen molar-refractivity contribution in [3.05, 3.63) is 65.6 Å². The highest BCUT2D eigenvalue weighted by molar-refractivity contribution is 7.90. The van der Waals surface area contributed by atoms with Gasteiger partial charge < -0.3 is 9.84 Å². The van der Waals surface area contributed by atoms with Gasteiger partial charge in [0, 0.05) is 36.0 Å². The van der Waals surface area contributed by atoms with E-state index in [1.165, 1.54) is 12.3 Å². The second-order valence-electron chi connectivity index (χ2n) is 10.4. The summed E-state index contributed by atoms with van der Waals surface area (Å²) in [6.07, 6.45) is 5.22. The Hall–Kier alpha value is -3.04. The van der Waals surface area contributed by atoms with Crippen LogP contribution in [0.25, 0.3) is 22.4 Å². The number of aromatic nitrogens is 2. The van der Waals surface area contributed by atoms with E-state index >= 15 is 4.39 Å². The second kappa shape index (κ2) is 12.2. The lowest BCUT2D eigenvalue weighted by Crippen LogP contribution is -2.24. The summed E-state index contributed by atoms with van der Waals surface area (Å²) in [5.74, 6) is -0.702. The SMILES string of the molecule is Cc1ccc(-c2nn(C[C@H]3CC[C@@H](COCC(=O)O)CC3)c(CCS(C)(=O)=O)c2-c2ccccc2)c(F)c1. The Morgan fingerprint density at radius 3 is 2.42 bits per heavy atom. The molecule has 1 saturated carbocycles. The molecule has 0 saturated heterocycles. The molecule has 0 bridgehead atoms. The third-order valence-corrected chi connectivity index (χ3v) is 8.13. The second-order valence-corrected chi connectivity index (χ2v) is 12.6. The zero-order chi connectivity index (χ0) is 27.3. The molecule has 1 aliphatic carbocycles. The van der Waals surface area contributed by atoms with Crippen molar-refractivity contribution < 1.29 is 27.4 Å². The van der Waals surface area contributed by atoms with Crippen LogP contribution in [0.2, 0.25) is 0 Å². The fourth-order valence-corrected chi connectivity index (χ4v) is 5.80. The number of nitrogens with zero attached hydrogens (tertiary/aromatic N) is 2. The Morgan fingerprint density at radius 2 is 1.79 bits per heavy atom. The Morgan fingerprint density at radius 1 is 1.11 bits per heavy atom. The number of rotatable bonds is 11. The molecule has 1 N–H and O–H groups in total. The smallest absolute Gasteiger partial charge is 0.329 e. The number of sulfone groups is 1. The van der Waals surface area contributed by atoms with Crippen LogP contribution in [0.1, 0.15) is 36.9 Å². The number of hydrogen-bond donors (Lipinski definition) is 1. The number of hydrogen-bond acceptors (Lipinski definition) is 5. The van der Waals surface area contributed by atoms with E-state index in [0.717, 1.165) is 48.1 Å². The molecule has 4 rings (SSSR count). The van der Waals surface area contributed by atoms with Gasteiger partial charge in [-0.2, -0.15) is 5.10 Å². The average molecular weight is 543 g/mol. The normalized spacial score (nSPS) is 18.0. The van der Waals surface area contributed by atoms with E-state index in [-0.39, 0.29) is 24.6 Å². The molecule has 1 aromatic heterocycles. The highest BCUT2D eigenvalue weighted by Gasteiger charge is 2.27. The van der Waals surface area contributed by atoms with Crippen LogP contribution < -0.4 is 0 Å². The first-order valence-electron chi connectivity index (χ1n) is 13.0. The van der Waals surface area contributed by atoms with Gasteiger partial charge in [0.1, 0.15) is 28.0 Å². The van der Waals surface area contributed by atoms with Crippen LogP contribution in [-0.4, -0.2) is 54.5 Å². The summed E-state index contributed by atoms with van der Waals surface area (Å²) in [5.41, 5.74) is 4.17. The van der Waals surface area contributed by atoms with Crippen LogP contribution >= 0.6 is 0 Å². The molecular formula is C29H35FN2O5S. The van der Waals surface area contributed by atoms with E-state index in [2.05, 4.69) is 0 Å². The number of carbonyl (C=O) groups is 1. The Bertz CT molecular complexity index is 1360. The summed E-state index contributed by atoms with van der Waals surface area (Å²) < 4.78 is 46.7. The van der Waals surface area contributed by atoms with Crippen LogP contribution in [0.4, 0.5) is 4.39 Å². The third-order valence-electron chi connectivity index (χ3n) is 7.19. The minimum Gasteiger partial charge on any atom is -0.480 e. The van der Waals surface area contributed by atoms with E-state index < -0.39 is 15.8 Å². The first-order valence-corrected chi connectivity index (χ1v) is 15.1. The lowest BCUT2D eigenvalue weighted by molar-refractivity contribution is -0.142. The van der Waals surface area contributed by atoms with Crippen molar-refractivity contribution in [1.82, 2.24) is 9.78 Å². The lowest BCUT2D eigenvalue weighted by atomic mass is 9.82. The number of benzene rings is 2. The summed E-state index contributed by atoms with van der Waals surface area (Å²) in [7, 11) is -3.23. The number of carboxylic acids is 1. The van der Waals surface area contributed by atoms with Gasteiger partial charge in [0.05, 0.1) is 12.4 Å². The van der Waals surface area contributed by atoms with E-state index in [1.54, 1.807) is 6.07 Å². The van der Waals surface area contributed by atoms with Crippen molar-refractivity contribution >= 4 is 15.8 Å². The topological polar surface area (TPSA) is 98.5 Å². The van der Waals surface area contributed by atoms with Gasteiger partial charge in [0.2, 0.25) is 0 Å². The maximum atomic E-state index is 15.2. The van der Waals surface area contributed by atoms with Gasteiger partial charge in [-0.1, -0.05) is 36.4 Å². The van der Waals surface area contributed by atoms with Crippen molar-refractivity contribution in [2.45, 2.75) is 45.6 Å². The van der Waals surface area contributed by atoms with Gasteiger partial charge in [-0.05, 0) is 67.7 Å². The molecular weight excluding hydrogens is 507 g/mol. The molecule has 0 radical (unpaired) electrons. The van der Waals surface area contributed by atoms with Crippen LogP contribution in [0.3, 0.4) is 0 Å². The fraction of sp³-hybridized carbons (Fsp3) is 0.448. The first kappa shape index (κ1) is 28.0. The molecule has 9 heteroatoms. The van der Waals surface area contributed by atoms with E-state index in [0.29, 0.717) is 36.2 Å². The van der Waals surface area contributed by atoms with Gasteiger partial charge >= 0.3 is 5.97 Å². The van der Waals surface area contributed by atoms with Crippen LogP contribution in [-0.2, 0) is 32.3 Å². The van der Waals surface area contributed by atoms with Crippen molar-refractivity contribution in [1.29, 1.82) is 0 Å². The van der Waals surface area contributed by atoms with Gasteiger partial charge in [-0.25, -0.2) is 17.6 Å². The highest BCUT2D eigenvalue weighted by Crippen LogP contribution is 2.38.